The maximum absolute atomic E-state index is 10.3. The first-order chi connectivity index (χ1) is 9.99. The van der Waals surface area contributed by atoms with Crippen molar-refractivity contribution >= 4 is 17.9 Å². The number of methoxy groups -OCH3 is 1. The molecular formula is C15H15NO5. The fourth-order valence-electron chi connectivity index (χ4n) is 1.47. The number of para-hydroxylation sites is 1. The van der Waals surface area contributed by atoms with Crippen molar-refractivity contribution in [3.63, 3.8) is 0 Å². The van der Waals surface area contributed by atoms with Gasteiger partial charge in [-0.25, -0.2) is 4.79 Å². The number of rotatable bonds is 3. The van der Waals surface area contributed by atoms with E-state index in [1.807, 2.05) is 0 Å². The van der Waals surface area contributed by atoms with Gasteiger partial charge >= 0.3 is 5.97 Å². The molecule has 0 amide bonds. The number of carbonyl (C=O) groups excluding carboxylic acids is 1. The number of carboxylic acid groups (broad SMARTS) is 1. The van der Waals surface area contributed by atoms with Crippen LogP contribution in [0.1, 0.15) is 20.7 Å². The number of phenols is 1. The zero-order valence-electron chi connectivity index (χ0n) is 11.3. The number of phenolic OH excluding ortho intramolecular Hbond substituents is 1. The van der Waals surface area contributed by atoms with Crippen LogP contribution in [0.4, 0.5) is 5.69 Å². The molecular weight excluding hydrogens is 274 g/mol. The van der Waals surface area contributed by atoms with Crippen LogP contribution in [0.5, 0.6) is 11.5 Å². The van der Waals surface area contributed by atoms with Crippen molar-refractivity contribution in [3.05, 3.63) is 53.6 Å². The van der Waals surface area contributed by atoms with Crippen LogP contribution in [0.25, 0.3) is 0 Å². The molecule has 0 spiro atoms. The zero-order chi connectivity index (χ0) is 15.8. The quantitative estimate of drug-likeness (QED) is 0.590. The Hall–Kier alpha value is -3.02. The summed E-state index contributed by atoms with van der Waals surface area (Å²) < 4.78 is 4.78. The second-order valence-corrected chi connectivity index (χ2v) is 3.95. The first-order valence-electron chi connectivity index (χ1n) is 5.89. The predicted molar refractivity (Wildman–Crippen MR) is 77.9 cm³/mol. The number of aromatic carboxylic acids is 1. The zero-order valence-corrected chi connectivity index (χ0v) is 11.3. The molecule has 0 aromatic heterocycles. The van der Waals surface area contributed by atoms with Gasteiger partial charge in [-0.3, -0.25) is 4.79 Å². The predicted octanol–water partition coefficient (Wildman–Crippen LogP) is 2.18. The summed E-state index contributed by atoms with van der Waals surface area (Å²) >= 11 is 0. The number of benzene rings is 2. The summed E-state index contributed by atoms with van der Waals surface area (Å²) in [5.41, 5.74) is 6.27. The molecule has 0 aliphatic heterocycles. The van der Waals surface area contributed by atoms with E-state index in [1.165, 1.54) is 25.3 Å². The summed E-state index contributed by atoms with van der Waals surface area (Å²) in [6.07, 6.45) is 0.581. The Morgan fingerprint density at radius 3 is 2.38 bits per heavy atom. The molecule has 0 radical (unpaired) electrons. The number of nitrogens with two attached hydrogens (primary N) is 1. The highest BCUT2D eigenvalue weighted by Gasteiger charge is 2.04. The third kappa shape index (κ3) is 4.54. The van der Waals surface area contributed by atoms with E-state index < -0.39 is 5.97 Å². The van der Waals surface area contributed by atoms with E-state index in [0.717, 1.165) is 0 Å². The molecule has 0 bridgehead atoms. The van der Waals surface area contributed by atoms with E-state index in [1.54, 1.807) is 24.3 Å². The molecule has 110 valence electrons. The fourth-order valence-corrected chi connectivity index (χ4v) is 1.47. The van der Waals surface area contributed by atoms with Gasteiger partial charge in [0.25, 0.3) is 0 Å². The summed E-state index contributed by atoms with van der Waals surface area (Å²) in [5.74, 6) is -0.744. The molecule has 0 saturated carbocycles. The maximum Gasteiger partial charge on any atom is 0.335 e. The lowest BCUT2D eigenvalue weighted by atomic mass is 10.2. The van der Waals surface area contributed by atoms with Gasteiger partial charge in [0.05, 0.1) is 18.2 Å². The average molecular weight is 289 g/mol. The van der Waals surface area contributed by atoms with Gasteiger partial charge in [-0.2, -0.15) is 0 Å². The van der Waals surface area contributed by atoms with E-state index in [0.29, 0.717) is 17.7 Å². The van der Waals surface area contributed by atoms with Gasteiger partial charge in [0.15, 0.2) is 17.8 Å². The molecule has 2 rings (SSSR count). The summed E-state index contributed by atoms with van der Waals surface area (Å²) in [4.78, 5) is 20.6. The summed E-state index contributed by atoms with van der Waals surface area (Å²) in [6.45, 7) is 0. The fraction of sp³-hybridized carbons (Fsp3) is 0.0667. The Morgan fingerprint density at radius 1 is 1.24 bits per heavy atom. The van der Waals surface area contributed by atoms with Gasteiger partial charge < -0.3 is 20.7 Å². The number of aldehydes is 1. The standard InChI is InChI=1S/C8H8O3.C7H7NO2/c1-11-7-4-2-3-6(5-9)8(7)10;8-6-3-1-2-5(4-6)7(9)10/h2-5,10H,1H3;1-4H,8H2,(H,9,10). The van der Waals surface area contributed by atoms with Crippen molar-refractivity contribution in [2.24, 2.45) is 0 Å². The van der Waals surface area contributed by atoms with Crippen molar-refractivity contribution in [1.82, 2.24) is 0 Å². The Morgan fingerprint density at radius 2 is 1.90 bits per heavy atom. The number of carboxylic acids is 1. The van der Waals surface area contributed by atoms with Gasteiger partial charge in [0, 0.05) is 5.69 Å². The van der Waals surface area contributed by atoms with Crippen LogP contribution < -0.4 is 10.5 Å². The minimum absolute atomic E-state index is 0.106. The van der Waals surface area contributed by atoms with Gasteiger partial charge in [0.1, 0.15) is 0 Å². The highest BCUT2D eigenvalue weighted by atomic mass is 16.5. The lowest BCUT2D eigenvalue weighted by Gasteiger charge is -2.02. The van der Waals surface area contributed by atoms with E-state index in [4.69, 9.17) is 15.6 Å². The number of aromatic hydroxyl groups is 1. The minimum Gasteiger partial charge on any atom is -0.504 e. The lowest BCUT2D eigenvalue weighted by Crippen LogP contribution is -1.96. The molecule has 6 nitrogen and oxygen atoms in total. The summed E-state index contributed by atoms with van der Waals surface area (Å²) in [5, 5.41) is 17.7. The highest BCUT2D eigenvalue weighted by molar-refractivity contribution is 5.88. The van der Waals surface area contributed by atoms with Crippen LogP contribution >= 0.6 is 0 Å². The van der Waals surface area contributed by atoms with E-state index in [-0.39, 0.29) is 16.9 Å². The lowest BCUT2D eigenvalue weighted by molar-refractivity contribution is 0.0696. The van der Waals surface area contributed by atoms with E-state index in [9.17, 15) is 14.7 Å². The minimum atomic E-state index is -0.952. The molecule has 4 N–H and O–H groups in total. The van der Waals surface area contributed by atoms with E-state index >= 15 is 0 Å². The van der Waals surface area contributed by atoms with Gasteiger partial charge in [-0.05, 0) is 30.3 Å². The summed E-state index contributed by atoms with van der Waals surface area (Å²) in [7, 11) is 1.43. The largest absolute Gasteiger partial charge is 0.504 e. The number of carbonyl (C=O) groups is 2. The molecule has 0 saturated heterocycles. The Kier molecular flexibility index (Phi) is 5.76. The number of hydrogen-bond donors (Lipinski definition) is 3. The Bertz CT molecular complexity index is 640. The third-order valence-corrected chi connectivity index (χ3v) is 2.51. The molecule has 0 aliphatic carbocycles. The molecule has 2 aromatic rings. The number of anilines is 1. The molecule has 0 fully saturated rings. The maximum atomic E-state index is 10.3. The number of ether oxygens (including phenoxy) is 1. The third-order valence-electron chi connectivity index (χ3n) is 2.51. The van der Waals surface area contributed by atoms with Gasteiger partial charge in [-0.1, -0.05) is 12.1 Å². The molecule has 0 heterocycles. The molecule has 0 unspecified atom stereocenters. The summed E-state index contributed by atoms with van der Waals surface area (Å²) in [6, 6.07) is 10.9. The second kappa shape index (κ2) is 7.54. The highest BCUT2D eigenvalue weighted by Crippen LogP contribution is 2.27. The van der Waals surface area contributed by atoms with Crippen LogP contribution in [0.2, 0.25) is 0 Å². The van der Waals surface area contributed by atoms with Crippen molar-refractivity contribution in [1.29, 1.82) is 0 Å². The van der Waals surface area contributed by atoms with Crippen LogP contribution in [0.3, 0.4) is 0 Å². The first-order valence-corrected chi connectivity index (χ1v) is 5.89. The van der Waals surface area contributed by atoms with Crippen molar-refractivity contribution in [3.8, 4) is 11.5 Å². The van der Waals surface area contributed by atoms with Crippen LogP contribution in [0, 0.1) is 0 Å². The first kappa shape index (κ1) is 16.0. The van der Waals surface area contributed by atoms with Crippen molar-refractivity contribution in [2.75, 3.05) is 12.8 Å². The second-order valence-electron chi connectivity index (χ2n) is 3.95. The van der Waals surface area contributed by atoms with Crippen LogP contribution in [0.15, 0.2) is 42.5 Å². The SMILES string of the molecule is COc1cccc(C=O)c1O.Nc1cccc(C(=O)O)c1. The van der Waals surface area contributed by atoms with Crippen LogP contribution in [-0.4, -0.2) is 29.6 Å². The van der Waals surface area contributed by atoms with Crippen LogP contribution in [-0.2, 0) is 0 Å². The van der Waals surface area contributed by atoms with Crippen molar-refractivity contribution in [2.45, 2.75) is 0 Å². The van der Waals surface area contributed by atoms with Crippen molar-refractivity contribution < 1.29 is 24.5 Å². The molecule has 0 aliphatic rings. The molecule has 21 heavy (non-hydrogen) atoms. The smallest absolute Gasteiger partial charge is 0.335 e. The molecule has 6 heteroatoms. The van der Waals surface area contributed by atoms with Gasteiger partial charge in [0.2, 0.25) is 0 Å². The molecule has 2 aromatic carbocycles. The number of nitrogen functional groups attached to an aromatic ring is 1. The topological polar surface area (TPSA) is 110 Å². The van der Waals surface area contributed by atoms with Gasteiger partial charge in [-0.15, -0.1) is 0 Å². The molecule has 0 atom stereocenters. The van der Waals surface area contributed by atoms with E-state index in [2.05, 4.69) is 0 Å². The average Bonchev–Trinajstić information content (AvgIpc) is 2.48. The Balaban J connectivity index is 0.000000211. The normalized spacial score (nSPS) is 9.19. The number of hydrogen-bond acceptors (Lipinski definition) is 5. The Labute approximate surface area is 121 Å². The monoisotopic (exact) mass is 289 g/mol.